The molecule has 0 radical (unpaired) electrons. The van der Waals surface area contributed by atoms with E-state index in [0.717, 1.165) is 44.1 Å². The second-order valence-electron chi connectivity index (χ2n) is 8.42. The molecule has 0 amide bonds. The Morgan fingerprint density at radius 2 is 1.78 bits per heavy atom. The molecule has 7 heteroatoms. The molecule has 0 spiro atoms. The van der Waals surface area contributed by atoms with Gasteiger partial charge in [0.2, 0.25) is 0 Å². The number of piperazine rings is 1. The predicted octanol–water partition coefficient (Wildman–Crippen LogP) is 5.27. The SMILES string of the molecule is Cc1ccc2occ(CCCCN3CCN(c4cccc(C(F)(F)F)c4)CC3)c(=O)c2c1. The van der Waals surface area contributed by atoms with Crippen molar-refractivity contribution < 1.29 is 17.6 Å². The summed E-state index contributed by atoms with van der Waals surface area (Å²) in [7, 11) is 0. The Kier molecular flexibility index (Phi) is 6.55. The molecule has 170 valence electrons. The van der Waals surface area contributed by atoms with E-state index in [1.54, 1.807) is 12.3 Å². The minimum atomic E-state index is -4.32. The molecule has 32 heavy (non-hydrogen) atoms. The summed E-state index contributed by atoms with van der Waals surface area (Å²) in [5.74, 6) is 0. The lowest BCUT2D eigenvalue weighted by atomic mass is 10.1. The van der Waals surface area contributed by atoms with E-state index >= 15 is 0 Å². The molecule has 2 heterocycles. The Morgan fingerprint density at radius 1 is 1.00 bits per heavy atom. The van der Waals surface area contributed by atoms with Gasteiger partial charge >= 0.3 is 6.18 Å². The van der Waals surface area contributed by atoms with Gasteiger partial charge in [-0.15, -0.1) is 0 Å². The van der Waals surface area contributed by atoms with E-state index in [0.29, 0.717) is 41.7 Å². The van der Waals surface area contributed by atoms with Crippen LogP contribution >= 0.6 is 0 Å². The Bertz CT molecular complexity index is 1130. The lowest BCUT2D eigenvalue weighted by molar-refractivity contribution is -0.137. The van der Waals surface area contributed by atoms with E-state index in [1.807, 2.05) is 30.0 Å². The minimum absolute atomic E-state index is 0.0460. The van der Waals surface area contributed by atoms with Crippen molar-refractivity contribution in [2.75, 3.05) is 37.6 Å². The number of hydrogen-bond donors (Lipinski definition) is 0. The van der Waals surface area contributed by atoms with Gasteiger partial charge in [-0.05, 0) is 63.1 Å². The smallest absolute Gasteiger partial charge is 0.416 e. The first-order valence-electron chi connectivity index (χ1n) is 11.0. The molecule has 0 unspecified atom stereocenters. The summed E-state index contributed by atoms with van der Waals surface area (Å²) in [6, 6.07) is 11.2. The fourth-order valence-corrected chi connectivity index (χ4v) is 4.22. The molecule has 0 bridgehead atoms. The van der Waals surface area contributed by atoms with E-state index in [9.17, 15) is 18.0 Å². The molecular weight excluding hydrogens is 417 g/mol. The van der Waals surface area contributed by atoms with Crippen LogP contribution in [-0.4, -0.2) is 37.6 Å². The highest BCUT2D eigenvalue weighted by atomic mass is 19.4. The highest BCUT2D eigenvalue weighted by Gasteiger charge is 2.31. The molecule has 4 nitrogen and oxygen atoms in total. The van der Waals surface area contributed by atoms with Crippen LogP contribution in [0, 0.1) is 6.92 Å². The molecule has 3 aromatic rings. The number of unbranched alkanes of at least 4 members (excludes halogenated alkanes) is 1. The molecule has 4 rings (SSSR count). The topological polar surface area (TPSA) is 36.7 Å². The van der Waals surface area contributed by atoms with Crippen LogP contribution in [0.25, 0.3) is 11.0 Å². The molecule has 0 atom stereocenters. The second-order valence-corrected chi connectivity index (χ2v) is 8.42. The van der Waals surface area contributed by atoms with Gasteiger partial charge in [-0.25, -0.2) is 0 Å². The zero-order chi connectivity index (χ0) is 22.7. The van der Waals surface area contributed by atoms with Crippen molar-refractivity contribution in [2.45, 2.75) is 32.4 Å². The molecule has 1 aromatic heterocycles. The normalized spacial score (nSPS) is 15.4. The van der Waals surface area contributed by atoms with Gasteiger partial charge in [0.05, 0.1) is 17.2 Å². The largest absolute Gasteiger partial charge is 0.464 e. The Balaban J connectivity index is 1.25. The standard InChI is InChI=1S/C25H27F3N2O2/c1-18-8-9-23-22(15-18)24(31)19(17-32-23)5-2-3-10-29-11-13-30(14-12-29)21-7-4-6-20(16-21)25(26,27)28/h4,6-9,15-17H,2-3,5,10-14H2,1H3. The van der Waals surface area contributed by atoms with Crippen LogP contribution in [-0.2, 0) is 12.6 Å². The highest BCUT2D eigenvalue weighted by Crippen LogP contribution is 2.31. The average Bonchev–Trinajstić information content (AvgIpc) is 2.78. The first-order valence-corrected chi connectivity index (χ1v) is 11.0. The van der Waals surface area contributed by atoms with Crippen LogP contribution in [0.3, 0.4) is 0 Å². The van der Waals surface area contributed by atoms with E-state index in [2.05, 4.69) is 4.90 Å². The second kappa shape index (κ2) is 9.36. The quantitative estimate of drug-likeness (QED) is 0.486. The third-order valence-corrected chi connectivity index (χ3v) is 6.08. The summed E-state index contributed by atoms with van der Waals surface area (Å²) in [5.41, 5.74) is 2.42. The molecule has 1 saturated heterocycles. The summed E-state index contributed by atoms with van der Waals surface area (Å²) in [6.45, 7) is 5.90. The van der Waals surface area contributed by atoms with E-state index < -0.39 is 11.7 Å². The average molecular weight is 444 g/mol. The first kappa shape index (κ1) is 22.4. The maximum atomic E-state index is 13.0. The Hall–Kier alpha value is -2.80. The zero-order valence-corrected chi connectivity index (χ0v) is 18.1. The summed E-state index contributed by atoms with van der Waals surface area (Å²) in [4.78, 5) is 17.0. The molecule has 1 fully saturated rings. The van der Waals surface area contributed by atoms with Crippen LogP contribution < -0.4 is 10.3 Å². The van der Waals surface area contributed by atoms with Crippen molar-refractivity contribution in [2.24, 2.45) is 0 Å². The molecule has 0 saturated carbocycles. The highest BCUT2D eigenvalue weighted by molar-refractivity contribution is 5.77. The van der Waals surface area contributed by atoms with Gasteiger partial charge in [-0.1, -0.05) is 17.7 Å². The summed E-state index contributed by atoms with van der Waals surface area (Å²) < 4.78 is 44.5. The number of anilines is 1. The van der Waals surface area contributed by atoms with Gasteiger partial charge in [0, 0.05) is 37.4 Å². The number of halogens is 3. The summed E-state index contributed by atoms with van der Waals surface area (Å²) in [5, 5.41) is 0.633. The van der Waals surface area contributed by atoms with Gasteiger partial charge in [-0.3, -0.25) is 9.69 Å². The maximum absolute atomic E-state index is 13.0. The van der Waals surface area contributed by atoms with Gasteiger partial charge in [0.25, 0.3) is 0 Å². The van der Waals surface area contributed by atoms with E-state index in [-0.39, 0.29) is 5.43 Å². The van der Waals surface area contributed by atoms with Crippen LogP contribution in [0.15, 0.2) is 57.9 Å². The minimum Gasteiger partial charge on any atom is -0.464 e. The Labute approximate surface area is 185 Å². The molecule has 0 aliphatic carbocycles. The number of fused-ring (bicyclic) bond motifs is 1. The van der Waals surface area contributed by atoms with Crippen LogP contribution in [0.4, 0.5) is 18.9 Å². The predicted molar refractivity (Wildman–Crippen MR) is 120 cm³/mol. The molecular formula is C25H27F3N2O2. The zero-order valence-electron chi connectivity index (χ0n) is 18.1. The maximum Gasteiger partial charge on any atom is 0.416 e. The van der Waals surface area contributed by atoms with E-state index in [1.165, 1.54) is 12.1 Å². The fraction of sp³-hybridized carbons (Fsp3) is 0.400. The molecule has 1 aliphatic rings. The van der Waals surface area contributed by atoms with Crippen molar-refractivity contribution in [1.29, 1.82) is 0 Å². The van der Waals surface area contributed by atoms with Crippen molar-refractivity contribution >= 4 is 16.7 Å². The Morgan fingerprint density at radius 3 is 2.53 bits per heavy atom. The van der Waals surface area contributed by atoms with Gasteiger partial charge in [0.1, 0.15) is 5.58 Å². The van der Waals surface area contributed by atoms with Gasteiger partial charge in [-0.2, -0.15) is 13.2 Å². The summed E-state index contributed by atoms with van der Waals surface area (Å²) in [6.07, 6.45) is -0.228. The van der Waals surface area contributed by atoms with Crippen LogP contribution in [0.5, 0.6) is 0 Å². The summed E-state index contributed by atoms with van der Waals surface area (Å²) >= 11 is 0. The number of alkyl halides is 3. The van der Waals surface area contributed by atoms with Gasteiger partial charge in [0.15, 0.2) is 5.43 Å². The first-order chi connectivity index (χ1) is 15.3. The molecule has 0 N–H and O–H groups in total. The lowest BCUT2D eigenvalue weighted by Crippen LogP contribution is -2.46. The fourth-order valence-electron chi connectivity index (χ4n) is 4.22. The van der Waals surface area contributed by atoms with Crippen LogP contribution in [0.1, 0.15) is 29.5 Å². The van der Waals surface area contributed by atoms with Crippen LogP contribution in [0.2, 0.25) is 0 Å². The number of rotatable bonds is 6. The van der Waals surface area contributed by atoms with Crippen molar-refractivity contribution in [3.05, 3.63) is 75.6 Å². The molecule has 2 aromatic carbocycles. The number of hydrogen-bond acceptors (Lipinski definition) is 4. The van der Waals surface area contributed by atoms with Crippen molar-refractivity contribution in [3.8, 4) is 0 Å². The van der Waals surface area contributed by atoms with Gasteiger partial charge < -0.3 is 9.32 Å². The van der Waals surface area contributed by atoms with E-state index in [4.69, 9.17) is 4.42 Å². The van der Waals surface area contributed by atoms with Crippen molar-refractivity contribution in [3.63, 3.8) is 0 Å². The molecule has 1 aliphatic heterocycles. The third kappa shape index (κ3) is 5.15. The number of aryl methyl sites for hydroxylation is 2. The van der Waals surface area contributed by atoms with Crippen molar-refractivity contribution in [1.82, 2.24) is 4.90 Å². The monoisotopic (exact) mass is 444 g/mol. The lowest BCUT2D eigenvalue weighted by Gasteiger charge is -2.36. The number of nitrogens with zero attached hydrogens (tertiary/aromatic N) is 2. The number of benzene rings is 2. The third-order valence-electron chi connectivity index (χ3n) is 6.08.